The molecule has 0 radical (unpaired) electrons. The van der Waals surface area contributed by atoms with Crippen LogP contribution in [0, 0.1) is 3.83 Å². The second kappa shape index (κ2) is 6.06. The van der Waals surface area contributed by atoms with Crippen LogP contribution in [0.1, 0.15) is 19.1 Å². The van der Waals surface area contributed by atoms with Gasteiger partial charge in [0.15, 0.2) is 32.3 Å². The number of nitrogens with one attached hydrogen (secondary N) is 1. The van der Waals surface area contributed by atoms with Gasteiger partial charge in [0.1, 0.15) is 6.23 Å². The number of ether oxygens (including phenoxy) is 1. The van der Waals surface area contributed by atoms with Crippen LogP contribution in [-0.2, 0) is 4.74 Å². The molecule has 1 atom stereocenters. The molecule has 1 saturated heterocycles. The number of aromatic hydroxyl groups is 2. The van der Waals surface area contributed by atoms with Crippen molar-refractivity contribution in [1.82, 2.24) is 19.5 Å². The van der Waals surface area contributed by atoms with Crippen molar-refractivity contribution in [2.75, 3.05) is 11.9 Å². The number of hydrogen-bond acceptors (Lipinski definition) is 7. The number of fused-ring (bicyclic) bond motifs is 1. The van der Waals surface area contributed by atoms with E-state index in [0.29, 0.717) is 26.5 Å². The molecule has 2 aromatic heterocycles. The van der Waals surface area contributed by atoms with E-state index >= 15 is 0 Å². The molecule has 3 heterocycles. The average molecular weight is 439 g/mol. The third-order valence-electron chi connectivity index (χ3n) is 3.88. The van der Waals surface area contributed by atoms with E-state index in [0.717, 1.165) is 19.4 Å². The Bertz CT molecular complexity index is 908. The number of phenols is 2. The summed E-state index contributed by atoms with van der Waals surface area (Å²) in [6.07, 6.45) is 3.55. The van der Waals surface area contributed by atoms with Gasteiger partial charge in [0.25, 0.3) is 0 Å². The predicted molar refractivity (Wildman–Crippen MR) is 95.3 cm³/mol. The third-order valence-corrected chi connectivity index (χ3v) is 4.36. The first-order valence-corrected chi connectivity index (χ1v) is 8.51. The normalized spacial score (nSPS) is 17.5. The molecule has 0 bridgehead atoms. The van der Waals surface area contributed by atoms with Gasteiger partial charge in [0.2, 0.25) is 0 Å². The molecule has 8 nitrogen and oxygen atoms in total. The van der Waals surface area contributed by atoms with Gasteiger partial charge in [0.05, 0.1) is 12.0 Å². The van der Waals surface area contributed by atoms with E-state index in [1.807, 2.05) is 27.2 Å². The Balaban J connectivity index is 1.79. The largest absolute Gasteiger partial charge is 0.504 e. The van der Waals surface area contributed by atoms with Crippen molar-refractivity contribution >= 4 is 45.3 Å². The summed E-state index contributed by atoms with van der Waals surface area (Å²) in [6, 6.07) is 4.69. The number of rotatable bonds is 3. The molecular weight excluding hydrogens is 425 g/mol. The first-order valence-electron chi connectivity index (χ1n) is 7.43. The van der Waals surface area contributed by atoms with Crippen LogP contribution in [0.25, 0.3) is 11.2 Å². The number of halogens is 1. The number of phenolic OH excluding ortho intramolecular Hbond substituents is 2. The van der Waals surface area contributed by atoms with Crippen molar-refractivity contribution < 1.29 is 14.9 Å². The van der Waals surface area contributed by atoms with Crippen LogP contribution in [0.15, 0.2) is 24.5 Å². The molecule has 0 aliphatic carbocycles. The second-order valence-electron chi connectivity index (χ2n) is 5.43. The van der Waals surface area contributed by atoms with Gasteiger partial charge in [-0.3, -0.25) is 4.57 Å². The quantitative estimate of drug-likeness (QED) is 0.328. The van der Waals surface area contributed by atoms with Crippen molar-refractivity contribution in [1.29, 1.82) is 0 Å². The Kier molecular flexibility index (Phi) is 3.88. The molecule has 1 aromatic carbocycles. The van der Waals surface area contributed by atoms with E-state index in [2.05, 4.69) is 20.3 Å². The summed E-state index contributed by atoms with van der Waals surface area (Å²) in [7, 11) is 0. The highest BCUT2D eigenvalue weighted by Gasteiger charge is 2.22. The molecular formula is C15H14IN5O3. The first-order chi connectivity index (χ1) is 11.6. The van der Waals surface area contributed by atoms with Crippen molar-refractivity contribution in [2.45, 2.75) is 19.1 Å². The van der Waals surface area contributed by atoms with Crippen LogP contribution in [0.2, 0.25) is 0 Å². The van der Waals surface area contributed by atoms with Gasteiger partial charge >= 0.3 is 0 Å². The zero-order valence-corrected chi connectivity index (χ0v) is 14.6. The lowest BCUT2D eigenvalue weighted by Crippen LogP contribution is -2.08. The molecule has 1 aliphatic heterocycles. The number of aromatic nitrogens is 4. The molecule has 1 aliphatic rings. The number of nitrogens with zero attached hydrogens (tertiary/aromatic N) is 4. The van der Waals surface area contributed by atoms with E-state index in [9.17, 15) is 10.2 Å². The number of para-hydroxylation sites is 1. The topological polar surface area (TPSA) is 105 Å². The van der Waals surface area contributed by atoms with Gasteiger partial charge in [-0.15, -0.1) is 0 Å². The Hall–Kier alpha value is -2.14. The monoisotopic (exact) mass is 439 g/mol. The smallest absolute Gasteiger partial charge is 0.194 e. The minimum Gasteiger partial charge on any atom is -0.504 e. The Labute approximate surface area is 150 Å². The average Bonchev–Trinajstić information content (AvgIpc) is 3.20. The molecule has 0 amide bonds. The predicted octanol–water partition coefficient (Wildman–Crippen LogP) is 2.89. The number of imidazole rings is 1. The van der Waals surface area contributed by atoms with Gasteiger partial charge in [-0.2, -0.15) is 0 Å². The van der Waals surface area contributed by atoms with E-state index in [-0.39, 0.29) is 17.7 Å². The Morgan fingerprint density at radius 2 is 2.17 bits per heavy atom. The van der Waals surface area contributed by atoms with Crippen molar-refractivity contribution in [2.24, 2.45) is 0 Å². The van der Waals surface area contributed by atoms with Crippen LogP contribution < -0.4 is 5.32 Å². The number of hydrogen-bond donors (Lipinski definition) is 3. The molecule has 3 aromatic rings. The molecule has 0 spiro atoms. The summed E-state index contributed by atoms with van der Waals surface area (Å²) >= 11 is 2.03. The molecule has 1 fully saturated rings. The number of benzene rings is 1. The molecule has 3 N–H and O–H groups in total. The molecule has 0 saturated carbocycles. The zero-order valence-electron chi connectivity index (χ0n) is 12.5. The van der Waals surface area contributed by atoms with E-state index in [4.69, 9.17) is 4.74 Å². The summed E-state index contributed by atoms with van der Waals surface area (Å²) in [5.41, 5.74) is 1.59. The lowest BCUT2D eigenvalue weighted by atomic mass is 10.2. The highest BCUT2D eigenvalue weighted by atomic mass is 127. The van der Waals surface area contributed by atoms with Crippen molar-refractivity contribution in [3.63, 3.8) is 0 Å². The summed E-state index contributed by atoms with van der Waals surface area (Å²) in [6.45, 7) is 0.731. The van der Waals surface area contributed by atoms with Gasteiger partial charge in [-0.05, 0) is 25.0 Å². The summed E-state index contributed by atoms with van der Waals surface area (Å²) in [4.78, 5) is 13.2. The van der Waals surface area contributed by atoms with E-state index in [1.165, 1.54) is 6.07 Å². The number of anilines is 2. The zero-order chi connectivity index (χ0) is 16.7. The van der Waals surface area contributed by atoms with Gasteiger partial charge in [-0.1, -0.05) is 6.07 Å². The lowest BCUT2D eigenvalue weighted by molar-refractivity contribution is 0.0592. The fourth-order valence-corrected chi connectivity index (χ4v) is 3.20. The maximum absolute atomic E-state index is 9.97. The fourth-order valence-electron chi connectivity index (χ4n) is 2.73. The fraction of sp³-hybridized carbons (Fsp3) is 0.267. The summed E-state index contributed by atoms with van der Waals surface area (Å²) in [5.74, 6) is 0.0183. The van der Waals surface area contributed by atoms with E-state index < -0.39 is 0 Å². The Morgan fingerprint density at radius 3 is 2.96 bits per heavy atom. The Morgan fingerprint density at radius 1 is 1.29 bits per heavy atom. The molecule has 4 rings (SSSR count). The van der Waals surface area contributed by atoms with Crippen LogP contribution in [-0.4, -0.2) is 36.3 Å². The maximum atomic E-state index is 9.97. The van der Waals surface area contributed by atoms with Crippen LogP contribution in [0.5, 0.6) is 11.5 Å². The third kappa shape index (κ3) is 2.63. The first kappa shape index (κ1) is 15.4. The van der Waals surface area contributed by atoms with E-state index in [1.54, 1.807) is 18.5 Å². The lowest BCUT2D eigenvalue weighted by Gasteiger charge is -2.12. The molecule has 24 heavy (non-hydrogen) atoms. The molecule has 124 valence electrons. The SMILES string of the molecule is Oc1cccc(Nc2nc(I)nc3c2ncn3C2CCCO2)c1O. The minimum absolute atomic E-state index is 0.0669. The second-order valence-corrected chi connectivity index (χ2v) is 6.40. The standard InChI is InChI=1S/C15H14IN5O3/c16-15-19-13(18-8-3-1-4-9(22)12(8)23)11-14(20-15)21(7-17-11)10-5-2-6-24-10/h1,3-4,7,10,22-23H,2,5-6H2,(H,18,19,20). The van der Waals surface area contributed by atoms with Gasteiger partial charge < -0.3 is 20.3 Å². The molecule has 9 heteroatoms. The maximum Gasteiger partial charge on any atom is 0.194 e. The van der Waals surface area contributed by atoms with Crippen molar-refractivity contribution in [3.05, 3.63) is 28.4 Å². The van der Waals surface area contributed by atoms with Crippen molar-refractivity contribution in [3.8, 4) is 11.5 Å². The highest BCUT2D eigenvalue weighted by Crippen LogP contribution is 2.36. The summed E-state index contributed by atoms with van der Waals surface area (Å²) < 4.78 is 8.15. The van der Waals surface area contributed by atoms with Gasteiger partial charge in [-0.25, -0.2) is 15.0 Å². The molecule has 1 unspecified atom stereocenters. The van der Waals surface area contributed by atoms with Gasteiger partial charge in [0, 0.05) is 29.2 Å². The van der Waals surface area contributed by atoms with Crippen LogP contribution in [0.3, 0.4) is 0 Å². The summed E-state index contributed by atoms with van der Waals surface area (Å²) in [5, 5.41) is 22.6. The highest BCUT2D eigenvalue weighted by molar-refractivity contribution is 14.1. The minimum atomic E-state index is -0.238. The van der Waals surface area contributed by atoms with Crippen LogP contribution in [0.4, 0.5) is 11.5 Å². The van der Waals surface area contributed by atoms with Crippen LogP contribution >= 0.6 is 22.6 Å².